The molecule has 0 amide bonds. The number of benzene rings is 1. The van der Waals surface area contributed by atoms with E-state index >= 15 is 0 Å². The van der Waals surface area contributed by atoms with Gasteiger partial charge in [-0.1, -0.05) is 6.07 Å². The van der Waals surface area contributed by atoms with Gasteiger partial charge in [-0.15, -0.1) is 0 Å². The Hall–Kier alpha value is 0.0283. The van der Waals surface area contributed by atoms with Crippen molar-refractivity contribution in [2.45, 2.75) is 0 Å². The summed E-state index contributed by atoms with van der Waals surface area (Å²) < 4.78 is 0. The van der Waals surface area contributed by atoms with Crippen molar-refractivity contribution in [1.82, 2.24) is 6.15 Å². The first-order valence-electron chi connectivity index (χ1n) is 2.94. The minimum atomic E-state index is -0.476. The molecule has 0 radical (unpaired) electrons. The van der Waals surface area contributed by atoms with Crippen LogP contribution in [0.3, 0.4) is 0 Å². The van der Waals surface area contributed by atoms with Crippen molar-refractivity contribution < 1.29 is 19.4 Å². The second-order valence-corrected chi connectivity index (χ2v) is 11.8. The molecular formula is C6H9Br2N3O2Pt. The normalized spacial score (nSPS) is 8.14. The fourth-order valence-corrected chi connectivity index (χ4v) is 0.638. The van der Waals surface area contributed by atoms with Crippen LogP contribution in [0.5, 0.6) is 0 Å². The van der Waals surface area contributed by atoms with Gasteiger partial charge in [0, 0.05) is 17.8 Å². The van der Waals surface area contributed by atoms with Crippen molar-refractivity contribution in [3.8, 4) is 0 Å². The number of hydrogen-bond donors (Lipinski definition) is 2. The quantitative estimate of drug-likeness (QED) is 0.345. The predicted molar refractivity (Wildman–Crippen MR) is 60.4 cm³/mol. The van der Waals surface area contributed by atoms with E-state index in [1.807, 2.05) is 0 Å². The summed E-state index contributed by atoms with van der Waals surface area (Å²) in [4.78, 5) is 9.63. The average Bonchev–Trinajstić information content (AvgIpc) is 2.05. The first-order valence-corrected chi connectivity index (χ1v) is 12.9. The number of nitrogens with zero attached hydrogens (tertiary/aromatic N) is 1. The summed E-state index contributed by atoms with van der Waals surface area (Å²) in [6.45, 7) is 0. The molecule has 0 heterocycles. The molecule has 0 bridgehead atoms. The molecule has 8 heteroatoms. The summed E-state index contributed by atoms with van der Waals surface area (Å²) in [6.07, 6.45) is 0. The third-order valence-corrected chi connectivity index (χ3v) is 1.08. The topological polar surface area (TPSA) is 104 Å². The van der Waals surface area contributed by atoms with Gasteiger partial charge in [0.2, 0.25) is 0 Å². The van der Waals surface area contributed by atoms with Gasteiger partial charge in [-0.05, 0) is 6.07 Å². The number of nitrogen functional groups attached to an aromatic ring is 1. The van der Waals surface area contributed by atoms with E-state index in [-0.39, 0.29) is 26.3 Å². The van der Waals surface area contributed by atoms with E-state index in [1.165, 1.54) is 12.1 Å². The van der Waals surface area contributed by atoms with E-state index in [9.17, 15) is 10.1 Å². The number of hydrogen-bond acceptors (Lipinski definition) is 4. The molecule has 0 spiro atoms. The van der Waals surface area contributed by atoms with Crippen molar-refractivity contribution in [2.75, 3.05) is 5.73 Å². The van der Waals surface area contributed by atoms with Gasteiger partial charge < -0.3 is 11.9 Å². The van der Waals surface area contributed by atoms with E-state index < -0.39 is 4.92 Å². The molecule has 1 aromatic rings. The van der Waals surface area contributed by atoms with Gasteiger partial charge in [-0.2, -0.15) is 0 Å². The van der Waals surface area contributed by atoms with Crippen LogP contribution in [-0.2, 0) is 14.5 Å². The predicted octanol–water partition coefficient (Wildman–Crippen LogP) is 3.03. The molecule has 0 aliphatic heterocycles. The van der Waals surface area contributed by atoms with Gasteiger partial charge in [0.1, 0.15) is 0 Å². The van der Waals surface area contributed by atoms with E-state index in [4.69, 9.17) is 5.73 Å². The van der Waals surface area contributed by atoms with Gasteiger partial charge in [-0.25, -0.2) is 0 Å². The number of anilines is 1. The first kappa shape index (κ1) is 16.5. The molecule has 1 rings (SSSR count). The molecule has 84 valence electrons. The van der Waals surface area contributed by atoms with E-state index in [1.54, 1.807) is 12.1 Å². The zero-order valence-corrected chi connectivity index (χ0v) is 12.4. The Kier molecular flexibility index (Phi) is 11.3. The number of halogens is 2. The number of nitro groups is 1. The van der Waals surface area contributed by atoms with Crippen molar-refractivity contribution >= 4 is 38.0 Å². The second-order valence-electron chi connectivity index (χ2n) is 1.90. The Morgan fingerprint density at radius 1 is 1.43 bits per heavy atom. The third-order valence-electron chi connectivity index (χ3n) is 1.08. The molecule has 0 saturated heterocycles. The molecule has 0 unspecified atom stereocenters. The molecule has 5 nitrogen and oxygen atoms in total. The Morgan fingerprint density at radius 3 is 2.21 bits per heavy atom. The van der Waals surface area contributed by atoms with Crippen molar-refractivity contribution in [1.29, 1.82) is 0 Å². The molecule has 0 aromatic heterocycles. The van der Waals surface area contributed by atoms with Crippen molar-refractivity contribution in [2.24, 2.45) is 0 Å². The second kappa shape index (κ2) is 9.58. The summed E-state index contributed by atoms with van der Waals surface area (Å²) in [7, 11) is 0. The number of nitrogens with two attached hydrogens (primary N) is 1. The van der Waals surface area contributed by atoms with Crippen LogP contribution in [0.25, 0.3) is 0 Å². The monoisotopic (exact) mass is 508 g/mol. The van der Waals surface area contributed by atoms with Crippen LogP contribution in [0.4, 0.5) is 11.4 Å². The minimum absolute atomic E-state index is 0. The van der Waals surface area contributed by atoms with Crippen LogP contribution in [0.15, 0.2) is 24.3 Å². The van der Waals surface area contributed by atoms with Gasteiger partial charge in [0.25, 0.3) is 5.69 Å². The molecule has 0 aliphatic rings. The zero-order valence-electron chi connectivity index (χ0n) is 6.93. The van der Waals surface area contributed by atoms with Crippen LogP contribution in [0, 0.1) is 10.1 Å². The summed E-state index contributed by atoms with van der Waals surface area (Å²) in [6, 6.07) is 5.87. The molecule has 5 N–H and O–H groups in total. The van der Waals surface area contributed by atoms with E-state index in [0.29, 0.717) is 5.69 Å². The molecular weight excluding hydrogens is 501 g/mol. The van der Waals surface area contributed by atoms with Gasteiger partial charge in [0.05, 0.1) is 4.92 Å². The van der Waals surface area contributed by atoms with E-state index in [2.05, 4.69) is 26.6 Å². The van der Waals surface area contributed by atoms with Crippen LogP contribution in [-0.4, -0.2) is 4.92 Å². The summed E-state index contributed by atoms with van der Waals surface area (Å²) in [5, 5.41) is 10.1. The Morgan fingerprint density at radius 2 is 1.93 bits per heavy atom. The van der Waals surface area contributed by atoms with E-state index in [0.717, 1.165) is 0 Å². The Labute approximate surface area is 103 Å². The average molecular weight is 510 g/mol. The van der Waals surface area contributed by atoms with Gasteiger partial charge in [-0.3, -0.25) is 10.1 Å². The zero-order chi connectivity index (χ0) is 10.3. The fraction of sp³-hybridized carbons (Fsp3) is 0. The summed E-state index contributed by atoms with van der Waals surface area (Å²) >= 11 is 6.56. The van der Waals surface area contributed by atoms with Crippen LogP contribution >= 0.6 is 26.6 Å². The molecule has 0 aliphatic carbocycles. The van der Waals surface area contributed by atoms with Crippen LogP contribution in [0.2, 0.25) is 0 Å². The summed E-state index contributed by atoms with van der Waals surface area (Å²) in [5.74, 6) is 0. The van der Waals surface area contributed by atoms with Crippen molar-refractivity contribution in [3.63, 3.8) is 0 Å². The molecule has 0 fully saturated rings. The molecule has 0 saturated carbocycles. The summed E-state index contributed by atoms with van der Waals surface area (Å²) in [5.41, 5.74) is 5.73. The Bertz CT molecular complexity index is 288. The van der Waals surface area contributed by atoms with Crippen LogP contribution < -0.4 is 11.9 Å². The van der Waals surface area contributed by atoms with Gasteiger partial charge >= 0.3 is 41.0 Å². The number of non-ortho nitro benzene ring substituents is 1. The molecule has 14 heavy (non-hydrogen) atoms. The van der Waals surface area contributed by atoms with Gasteiger partial charge in [0.15, 0.2) is 0 Å². The molecule has 1 aromatic carbocycles. The maximum absolute atomic E-state index is 10.1. The van der Waals surface area contributed by atoms with Crippen molar-refractivity contribution in [3.05, 3.63) is 34.4 Å². The van der Waals surface area contributed by atoms with Crippen LogP contribution in [0.1, 0.15) is 0 Å². The fourth-order valence-electron chi connectivity index (χ4n) is 0.638. The third kappa shape index (κ3) is 7.43. The molecule has 0 atom stereocenters. The standard InChI is InChI=1S/C6H6N2O2.2BrH.H3N.Pt/c7-5-2-1-3-6(4-5)8(9)10;;;;/h1-4H,7H2;2*1H;1H3;/q;;;;+2/p-2. The Balaban J connectivity index is 0. The number of nitro benzene ring substituents is 1. The first-order chi connectivity index (χ1) is 6.11. The maximum atomic E-state index is 10.1. The SMILES string of the molecule is N.Nc1cccc([N+](=O)[O-])c1.[Br][Pt][Br]. The number of rotatable bonds is 1.